The molecule has 2 rings (SSSR count). The Morgan fingerprint density at radius 2 is 2.50 bits per heavy atom. The van der Waals surface area contributed by atoms with Crippen molar-refractivity contribution in [1.29, 1.82) is 0 Å². The van der Waals surface area contributed by atoms with Crippen LogP contribution in [0.15, 0.2) is 11.7 Å². The van der Waals surface area contributed by atoms with Gasteiger partial charge in [-0.3, -0.25) is 4.98 Å². The molecule has 1 heterocycles. The van der Waals surface area contributed by atoms with E-state index in [0.717, 1.165) is 19.4 Å². The maximum Gasteiger partial charge on any atom is 0.0794 e. The molecule has 0 amide bonds. The van der Waals surface area contributed by atoms with Crippen molar-refractivity contribution in [3.8, 4) is 0 Å². The molecule has 66 valence electrons. The van der Waals surface area contributed by atoms with E-state index in [4.69, 9.17) is 11.6 Å². The lowest BCUT2D eigenvalue weighted by Crippen LogP contribution is -2.41. The van der Waals surface area contributed by atoms with Gasteiger partial charge in [0.05, 0.1) is 5.51 Å². The van der Waals surface area contributed by atoms with E-state index in [2.05, 4.69) is 10.3 Å². The van der Waals surface area contributed by atoms with Gasteiger partial charge in [0.25, 0.3) is 0 Å². The maximum absolute atomic E-state index is 5.85. The van der Waals surface area contributed by atoms with E-state index in [0.29, 0.717) is 11.4 Å². The summed E-state index contributed by atoms with van der Waals surface area (Å²) in [5.41, 5.74) is 1.86. The van der Waals surface area contributed by atoms with Crippen molar-refractivity contribution < 1.29 is 0 Å². The molecule has 1 aromatic rings. The summed E-state index contributed by atoms with van der Waals surface area (Å²) in [7, 11) is 0. The van der Waals surface area contributed by atoms with Crippen LogP contribution in [-0.4, -0.2) is 16.4 Å². The van der Waals surface area contributed by atoms with Crippen LogP contribution in [-0.2, 0) is 6.54 Å². The molecule has 0 unspecified atom stereocenters. The first-order chi connectivity index (χ1) is 5.84. The Kier molecular flexibility index (Phi) is 2.63. The average Bonchev–Trinajstić information content (AvgIpc) is 2.47. The molecule has 1 N–H and O–H groups in total. The normalized spacial score (nSPS) is 28.4. The van der Waals surface area contributed by atoms with E-state index in [1.54, 1.807) is 11.3 Å². The zero-order chi connectivity index (χ0) is 8.39. The number of hydrogen-bond donors (Lipinski definition) is 1. The summed E-state index contributed by atoms with van der Waals surface area (Å²) in [6.45, 7) is 0.943. The molecular weight excluding hydrogens is 192 g/mol. The van der Waals surface area contributed by atoms with Crippen molar-refractivity contribution >= 4 is 22.9 Å². The number of aromatic nitrogens is 1. The van der Waals surface area contributed by atoms with Crippen LogP contribution in [0.25, 0.3) is 0 Å². The fourth-order valence-corrected chi connectivity index (χ4v) is 2.27. The monoisotopic (exact) mass is 202 g/mol. The number of nitrogens with one attached hydrogen (secondary N) is 1. The number of rotatable bonds is 3. The molecule has 1 saturated carbocycles. The van der Waals surface area contributed by atoms with Crippen molar-refractivity contribution in [3.63, 3.8) is 0 Å². The van der Waals surface area contributed by atoms with Crippen LogP contribution in [0.5, 0.6) is 0 Å². The van der Waals surface area contributed by atoms with Gasteiger partial charge in [0.2, 0.25) is 0 Å². The highest BCUT2D eigenvalue weighted by Gasteiger charge is 2.26. The van der Waals surface area contributed by atoms with E-state index < -0.39 is 0 Å². The number of thiazole rings is 1. The second kappa shape index (κ2) is 3.73. The van der Waals surface area contributed by atoms with Crippen molar-refractivity contribution in [2.75, 3.05) is 0 Å². The van der Waals surface area contributed by atoms with Gasteiger partial charge in [-0.25, -0.2) is 0 Å². The highest BCUT2D eigenvalue weighted by atomic mass is 35.5. The predicted octanol–water partition coefficient (Wildman–Crippen LogP) is 2.00. The molecule has 1 aliphatic rings. The zero-order valence-electron chi connectivity index (χ0n) is 6.66. The average molecular weight is 203 g/mol. The van der Waals surface area contributed by atoms with Crippen LogP contribution >= 0.6 is 22.9 Å². The van der Waals surface area contributed by atoms with Crippen LogP contribution in [0.3, 0.4) is 0 Å². The highest BCUT2D eigenvalue weighted by molar-refractivity contribution is 7.09. The number of alkyl halides is 1. The number of nitrogens with zero attached hydrogens (tertiary/aromatic N) is 1. The maximum atomic E-state index is 5.85. The number of hydrogen-bond acceptors (Lipinski definition) is 3. The minimum absolute atomic E-state index is 0.406. The Balaban J connectivity index is 1.70. The van der Waals surface area contributed by atoms with Crippen molar-refractivity contribution in [2.45, 2.75) is 30.8 Å². The highest BCUT2D eigenvalue weighted by Crippen LogP contribution is 2.25. The molecule has 1 aromatic heterocycles. The fourth-order valence-electron chi connectivity index (χ4n) is 1.29. The van der Waals surface area contributed by atoms with Gasteiger partial charge >= 0.3 is 0 Å². The van der Waals surface area contributed by atoms with Gasteiger partial charge in [-0.15, -0.1) is 22.9 Å². The summed E-state index contributed by atoms with van der Waals surface area (Å²) in [5.74, 6) is 0. The van der Waals surface area contributed by atoms with Crippen LogP contribution < -0.4 is 5.32 Å². The summed E-state index contributed by atoms with van der Waals surface area (Å²) < 4.78 is 0. The lowest BCUT2D eigenvalue weighted by Gasteiger charge is -2.31. The summed E-state index contributed by atoms with van der Waals surface area (Å²) in [5, 5.41) is 3.84. The molecule has 0 aliphatic heterocycles. The van der Waals surface area contributed by atoms with Gasteiger partial charge in [-0.2, -0.15) is 0 Å². The largest absolute Gasteiger partial charge is 0.309 e. The standard InChI is InChI=1S/C8H11ClN2S/c9-6-1-7(2-6)11-4-8-3-10-5-12-8/h3,5-7,11H,1-2,4H2. The molecule has 4 heteroatoms. The Labute approximate surface area is 81.0 Å². The first-order valence-corrected chi connectivity index (χ1v) is 5.41. The first-order valence-electron chi connectivity index (χ1n) is 4.09. The van der Waals surface area contributed by atoms with Crippen molar-refractivity contribution in [1.82, 2.24) is 10.3 Å². The lowest BCUT2D eigenvalue weighted by molar-refractivity contribution is 0.346. The van der Waals surface area contributed by atoms with Crippen LogP contribution in [0.1, 0.15) is 17.7 Å². The topological polar surface area (TPSA) is 24.9 Å². The second-order valence-corrected chi connectivity index (χ2v) is 4.70. The summed E-state index contributed by atoms with van der Waals surface area (Å²) in [6.07, 6.45) is 4.13. The van der Waals surface area contributed by atoms with Gasteiger partial charge in [-0.05, 0) is 12.8 Å². The number of halogens is 1. The molecule has 0 saturated heterocycles. The fraction of sp³-hybridized carbons (Fsp3) is 0.625. The van der Waals surface area contributed by atoms with E-state index in [-0.39, 0.29) is 0 Å². The van der Waals surface area contributed by atoms with Crippen LogP contribution in [0.4, 0.5) is 0 Å². The summed E-state index contributed by atoms with van der Waals surface area (Å²) in [6, 6.07) is 0.634. The smallest absolute Gasteiger partial charge is 0.0794 e. The summed E-state index contributed by atoms with van der Waals surface area (Å²) in [4.78, 5) is 5.31. The Morgan fingerprint density at radius 3 is 3.08 bits per heavy atom. The molecule has 12 heavy (non-hydrogen) atoms. The molecule has 0 spiro atoms. The minimum atomic E-state index is 0.406. The van der Waals surface area contributed by atoms with Gasteiger partial charge in [0, 0.05) is 29.0 Å². The van der Waals surface area contributed by atoms with Crippen LogP contribution in [0.2, 0.25) is 0 Å². The minimum Gasteiger partial charge on any atom is -0.309 e. The van der Waals surface area contributed by atoms with Gasteiger partial charge in [0.15, 0.2) is 0 Å². The van der Waals surface area contributed by atoms with Crippen LogP contribution in [0, 0.1) is 0 Å². The summed E-state index contributed by atoms with van der Waals surface area (Å²) >= 11 is 7.55. The molecule has 0 radical (unpaired) electrons. The quantitative estimate of drug-likeness (QED) is 0.759. The van der Waals surface area contributed by atoms with Crippen molar-refractivity contribution in [2.24, 2.45) is 0 Å². The van der Waals surface area contributed by atoms with Crippen molar-refractivity contribution in [3.05, 3.63) is 16.6 Å². The van der Waals surface area contributed by atoms with E-state index in [1.165, 1.54) is 4.88 Å². The van der Waals surface area contributed by atoms with Gasteiger partial charge in [-0.1, -0.05) is 0 Å². The molecule has 0 aromatic carbocycles. The molecule has 0 bridgehead atoms. The molecule has 1 fully saturated rings. The molecule has 1 aliphatic carbocycles. The SMILES string of the molecule is ClC1CC(NCc2cncs2)C1. The third-order valence-electron chi connectivity index (χ3n) is 2.13. The Hall–Kier alpha value is -0.120. The lowest BCUT2D eigenvalue weighted by atomic mass is 9.92. The van der Waals surface area contributed by atoms with Gasteiger partial charge < -0.3 is 5.32 Å². The second-order valence-electron chi connectivity index (χ2n) is 3.11. The molecule has 2 nitrogen and oxygen atoms in total. The van der Waals surface area contributed by atoms with E-state index in [9.17, 15) is 0 Å². The first kappa shape index (κ1) is 8.48. The third-order valence-corrected chi connectivity index (χ3v) is 3.26. The predicted molar refractivity (Wildman–Crippen MR) is 51.6 cm³/mol. The van der Waals surface area contributed by atoms with E-state index in [1.807, 2.05) is 11.7 Å². The third kappa shape index (κ3) is 1.97. The Morgan fingerprint density at radius 1 is 1.67 bits per heavy atom. The van der Waals surface area contributed by atoms with Gasteiger partial charge in [0.1, 0.15) is 0 Å². The zero-order valence-corrected chi connectivity index (χ0v) is 8.24. The molecular formula is C8H11ClN2S. The molecule has 0 atom stereocenters. The van der Waals surface area contributed by atoms with E-state index >= 15 is 0 Å². The Bertz CT molecular complexity index is 231.